The molecule has 0 aliphatic carbocycles. The fourth-order valence-corrected chi connectivity index (χ4v) is 1.68. The van der Waals surface area contributed by atoms with Crippen LogP contribution in [0.2, 0.25) is 0 Å². The van der Waals surface area contributed by atoms with Crippen molar-refractivity contribution in [3.05, 3.63) is 29.8 Å². The molecule has 0 bridgehead atoms. The van der Waals surface area contributed by atoms with Gasteiger partial charge in [-0.15, -0.1) is 0 Å². The zero-order chi connectivity index (χ0) is 17.7. The first kappa shape index (κ1) is 19.1. The van der Waals surface area contributed by atoms with Crippen LogP contribution in [0.1, 0.15) is 32.8 Å². The van der Waals surface area contributed by atoms with Gasteiger partial charge in [0.1, 0.15) is 16.9 Å². The van der Waals surface area contributed by atoms with Crippen LogP contribution in [-0.4, -0.2) is 36.8 Å². The first-order valence-corrected chi connectivity index (χ1v) is 7.15. The minimum atomic E-state index is -4.51. The van der Waals surface area contributed by atoms with Crippen LogP contribution in [0.15, 0.2) is 18.2 Å². The molecule has 0 atom stereocenters. The maximum Gasteiger partial charge on any atom is 0.420 e. The fraction of sp³-hybridized carbons (Fsp3) is 0.562. The van der Waals surface area contributed by atoms with Gasteiger partial charge in [-0.25, -0.2) is 4.79 Å². The quantitative estimate of drug-likeness (QED) is 0.761. The van der Waals surface area contributed by atoms with Gasteiger partial charge < -0.3 is 14.4 Å². The summed E-state index contributed by atoms with van der Waals surface area (Å²) in [6, 6.07) is 6.00. The Hall–Kier alpha value is -1.92. The van der Waals surface area contributed by atoms with E-state index in [1.54, 1.807) is 27.8 Å². The second-order valence-corrected chi connectivity index (χ2v) is 6.01. The molecule has 0 N–H and O–H groups in total. The van der Waals surface area contributed by atoms with Crippen molar-refractivity contribution < 1.29 is 27.4 Å². The van der Waals surface area contributed by atoms with Gasteiger partial charge in [0.15, 0.2) is 0 Å². The molecule has 0 saturated carbocycles. The van der Waals surface area contributed by atoms with Gasteiger partial charge in [-0.3, -0.25) is 0 Å². The Labute approximate surface area is 134 Å². The summed E-state index contributed by atoms with van der Waals surface area (Å²) in [4.78, 5) is 13.1. The van der Waals surface area contributed by atoms with E-state index in [0.717, 1.165) is 0 Å². The van der Waals surface area contributed by atoms with Crippen molar-refractivity contribution in [3.63, 3.8) is 0 Å². The van der Waals surface area contributed by atoms with Crippen molar-refractivity contribution >= 4 is 6.09 Å². The van der Waals surface area contributed by atoms with Crippen molar-refractivity contribution in [1.29, 1.82) is 0 Å². The number of hydrogen-bond acceptors (Lipinski definition) is 3. The van der Waals surface area contributed by atoms with Gasteiger partial charge in [0.25, 0.3) is 0 Å². The molecule has 0 unspecified atom stereocenters. The standard InChI is InChI=1S/C16H21F3NO3/c1-15(2,3)23-14(21)20(4)10-7-11-22-13-9-6-5-8-12(13)16(17,18)19/h5-6,9H,7,10-11H2,1-4H3. The lowest BCUT2D eigenvalue weighted by atomic mass is 10.2. The number of nitrogens with zero attached hydrogens (tertiary/aromatic N) is 1. The number of carbonyl (C=O) groups is 1. The second kappa shape index (κ2) is 7.57. The molecule has 0 aliphatic rings. The summed E-state index contributed by atoms with van der Waals surface area (Å²) in [5.74, 6) is -0.264. The van der Waals surface area contributed by atoms with Crippen LogP contribution >= 0.6 is 0 Å². The van der Waals surface area contributed by atoms with Crippen LogP contribution in [0.3, 0.4) is 0 Å². The molecule has 1 radical (unpaired) electrons. The van der Waals surface area contributed by atoms with E-state index < -0.39 is 23.4 Å². The Bertz CT molecular complexity index is 524. The van der Waals surface area contributed by atoms with Crippen molar-refractivity contribution in [3.8, 4) is 5.75 Å². The van der Waals surface area contributed by atoms with Gasteiger partial charge in [-0.2, -0.15) is 13.2 Å². The van der Waals surface area contributed by atoms with Gasteiger partial charge in [0, 0.05) is 13.6 Å². The lowest BCUT2D eigenvalue weighted by Gasteiger charge is -2.24. The van der Waals surface area contributed by atoms with Crippen molar-refractivity contribution in [2.24, 2.45) is 0 Å². The molecule has 4 nitrogen and oxygen atoms in total. The highest BCUT2D eigenvalue weighted by Crippen LogP contribution is 2.35. The molecular weight excluding hydrogens is 311 g/mol. The van der Waals surface area contributed by atoms with Crippen LogP contribution in [-0.2, 0) is 10.9 Å². The predicted molar refractivity (Wildman–Crippen MR) is 79.3 cm³/mol. The molecule has 1 aromatic rings. The third kappa shape index (κ3) is 6.80. The molecule has 1 amide bonds. The highest BCUT2D eigenvalue weighted by Gasteiger charge is 2.34. The molecule has 7 heteroatoms. The topological polar surface area (TPSA) is 38.8 Å². The Balaban J connectivity index is 2.46. The number of ether oxygens (including phenoxy) is 2. The number of alkyl halides is 3. The van der Waals surface area contributed by atoms with Crippen LogP contribution in [0.4, 0.5) is 18.0 Å². The third-order valence-electron chi connectivity index (χ3n) is 2.70. The smallest absolute Gasteiger partial charge is 0.420 e. The van der Waals surface area contributed by atoms with Gasteiger partial charge in [0.05, 0.1) is 6.61 Å². The zero-order valence-corrected chi connectivity index (χ0v) is 13.7. The molecule has 0 heterocycles. The molecule has 0 aliphatic heterocycles. The maximum atomic E-state index is 12.8. The average Bonchev–Trinajstić information content (AvgIpc) is 2.40. The van der Waals surface area contributed by atoms with Crippen LogP contribution in [0.5, 0.6) is 5.75 Å². The lowest BCUT2D eigenvalue weighted by Crippen LogP contribution is -2.35. The average molecular weight is 332 g/mol. The van der Waals surface area contributed by atoms with E-state index in [1.807, 2.05) is 0 Å². The van der Waals surface area contributed by atoms with Gasteiger partial charge in [0.2, 0.25) is 0 Å². The van der Waals surface area contributed by atoms with Crippen molar-refractivity contribution in [2.75, 3.05) is 20.2 Å². The van der Waals surface area contributed by atoms with Crippen molar-refractivity contribution in [1.82, 2.24) is 4.90 Å². The molecule has 0 aromatic heterocycles. The second-order valence-electron chi connectivity index (χ2n) is 6.01. The van der Waals surface area contributed by atoms with Gasteiger partial charge in [-0.05, 0) is 39.3 Å². The molecule has 0 spiro atoms. The SMILES string of the molecule is CN(CCCOc1ccc[c]c1C(F)(F)F)C(=O)OC(C)(C)C. The molecule has 0 saturated heterocycles. The summed E-state index contributed by atoms with van der Waals surface area (Å²) in [7, 11) is 1.56. The largest absolute Gasteiger partial charge is 0.493 e. The minimum absolute atomic E-state index is 0.0497. The van der Waals surface area contributed by atoms with E-state index in [2.05, 4.69) is 6.07 Å². The minimum Gasteiger partial charge on any atom is -0.493 e. The van der Waals surface area contributed by atoms with Crippen molar-refractivity contribution in [2.45, 2.75) is 39.0 Å². The number of carbonyl (C=O) groups excluding carboxylic acids is 1. The number of halogens is 3. The highest BCUT2D eigenvalue weighted by molar-refractivity contribution is 5.67. The van der Waals surface area contributed by atoms with E-state index in [9.17, 15) is 18.0 Å². The van der Waals surface area contributed by atoms with Crippen LogP contribution in [0.25, 0.3) is 0 Å². The Morgan fingerprint density at radius 3 is 2.52 bits per heavy atom. The zero-order valence-electron chi connectivity index (χ0n) is 13.7. The van der Waals surface area contributed by atoms with Crippen LogP contribution in [0, 0.1) is 6.07 Å². The first-order valence-electron chi connectivity index (χ1n) is 7.15. The summed E-state index contributed by atoms with van der Waals surface area (Å²) in [6.07, 6.45) is -4.62. The van der Waals surface area contributed by atoms with Gasteiger partial charge in [-0.1, -0.05) is 12.1 Å². The summed E-state index contributed by atoms with van der Waals surface area (Å²) < 4.78 is 48.6. The summed E-state index contributed by atoms with van der Waals surface area (Å²) in [5, 5.41) is 0. The predicted octanol–water partition coefficient (Wildman–Crippen LogP) is 4.14. The normalized spacial score (nSPS) is 12.0. The van der Waals surface area contributed by atoms with Crippen LogP contribution < -0.4 is 4.74 Å². The van der Waals surface area contributed by atoms with E-state index in [-0.39, 0.29) is 12.4 Å². The third-order valence-corrected chi connectivity index (χ3v) is 2.70. The van der Waals surface area contributed by atoms with E-state index >= 15 is 0 Å². The van der Waals surface area contributed by atoms with E-state index in [0.29, 0.717) is 13.0 Å². The Morgan fingerprint density at radius 1 is 1.30 bits per heavy atom. The molecule has 0 fully saturated rings. The van der Waals surface area contributed by atoms with E-state index in [1.165, 1.54) is 23.1 Å². The molecular formula is C16H21F3NO3. The summed E-state index contributed by atoms with van der Waals surface area (Å²) in [5.41, 5.74) is -1.52. The number of benzene rings is 1. The Kier molecular flexibility index (Phi) is 6.29. The fourth-order valence-electron chi connectivity index (χ4n) is 1.68. The first-order chi connectivity index (χ1) is 10.5. The molecule has 1 rings (SSSR count). The molecule has 129 valence electrons. The molecule has 23 heavy (non-hydrogen) atoms. The summed E-state index contributed by atoms with van der Waals surface area (Å²) in [6.45, 7) is 5.63. The molecule has 1 aromatic carbocycles. The number of hydrogen-bond donors (Lipinski definition) is 0. The highest BCUT2D eigenvalue weighted by atomic mass is 19.4. The number of rotatable bonds is 5. The van der Waals surface area contributed by atoms with E-state index in [4.69, 9.17) is 9.47 Å². The van der Waals surface area contributed by atoms with Gasteiger partial charge >= 0.3 is 12.3 Å². The maximum absolute atomic E-state index is 12.8. The number of amides is 1. The lowest BCUT2D eigenvalue weighted by molar-refractivity contribution is -0.139. The summed E-state index contributed by atoms with van der Waals surface area (Å²) >= 11 is 0. The Morgan fingerprint density at radius 2 is 1.96 bits per heavy atom. The monoisotopic (exact) mass is 332 g/mol.